The van der Waals surface area contributed by atoms with E-state index in [9.17, 15) is 9.59 Å². The third-order valence-electron chi connectivity index (χ3n) is 5.97. The van der Waals surface area contributed by atoms with Crippen LogP contribution in [0.1, 0.15) is 27.0 Å². The number of hydrogen-bond donors (Lipinski definition) is 3. The highest BCUT2D eigenvalue weighted by atomic mass is 16.5. The van der Waals surface area contributed by atoms with Crippen LogP contribution in [0.4, 0.5) is 5.69 Å². The largest absolute Gasteiger partial charge is 0.369 e. The monoisotopic (exact) mass is 471 g/mol. The Hall–Kier alpha value is -4.01. The van der Waals surface area contributed by atoms with Crippen molar-refractivity contribution in [1.82, 2.24) is 20.7 Å². The normalized spacial score (nSPS) is 14.1. The van der Waals surface area contributed by atoms with Crippen molar-refractivity contribution in [3.05, 3.63) is 101 Å². The number of piperazine rings is 1. The lowest BCUT2D eigenvalue weighted by Crippen LogP contribution is -2.46. The second-order valence-electron chi connectivity index (χ2n) is 8.40. The number of anilines is 1. The summed E-state index contributed by atoms with van der Waals surface area (Å²) in [5.74, 6) is -0.711. The topological polar surface area (TPSA) is 97.8 Å². The standard InChI is InChI=1S/C27H29N5O3/c33-26(30-35)12-7-21-3-5-22(6-4-21)19-29-27(34)24-8-10-25(11-9-24)32-16-14-31(15-17-32)20-23-2-1-13-28-18-23/h1-13,18,35H,14-17,19-20H2,(H,29,34)(H,30,33). The Kier molecular flexibility index (Phi) is 8.21. The summed E-state index contributed by atoms with van der Waals surface area (Å²) in [5.41, 5.74) is 6.29. The lowest BCUT2D eigenvalue weighted by Gasteiger charge is -2.36. The van der Waals surface area contributed by atoms with Crippen molar-refractivity contribution in [3.8, 4) is 0 Å². The van der Waals surface area contributed by atoms with Gasteiger partial charge in [-0.05, 0) is 53.1 Å². The van der Waals surface area contributed by atoms with E-state index in [-0.39, 0.29) is 5.91 Å². The molecule has 0 saturated carbocycles. The number of amides is 2. The molecular weight excluding hydrogens is 442 g/mol. The predicted octanol–water partition coefficient (Wildman–Crippen LogP) is 2.85. The van der Waals surface area contributed by atoms with E-state index in [1.165, 1.54) is 11.6 Å². The van der Waals surface area contributed by atoms with Gasteiger partial charge in [0.15, 0.2) is 0 Å². The van der Waals surface area contributed by atoms with Crippen LogP contribution in [0.5, 0.6) is 0 Å². The maximum Gasteiger partial charge on any atom is 0.267 e. The van der Waals surface area contributed by atoms with E-state index in [0.29, 0.717) is 12.1 Å². The minimum Gasteiger partial charge on any atom is -0.369 e. The molecule has 0 spiro atoms. The van der Waals surface area contributed by atoms with Crippen LogP contribution in [-0.2, 0) is 17.9 Å². The molecule has 3 N–H and O–H groups in total. The van der Waals surface area contributed by atoms with Crippen LogP contribution >= 0.6 is 0 Å². The maximum atomic E-state index is 12.6. The van der Waals surface area contributed by atoms with Crippen molar-refractivity contribution in [2.45, 2.75) is 13.1 Å². The number of benzene rings is 2. The van der Waals surface area contributed by atoms with Gasteiger partial charge in [0.1, 0.15) is 0 Å². The van der Waals surface area contributed by atoms with Gasteiger partial charge in [-0.1, -0.05) is 30.3 Å². The number of rotatable bonds is 8. The molecule has 2 aromatic carbocycles. The molecule has 1 saturated heterocycles. The van der Waals surface area contributed by atoms with Gasteiger partial charge in [0.05, 0.1) is 0 Å². The van der Waals surface area contributed by atoms with Crippen LogP contribution in [0, 0.1) is 0 Å². The fraction of sp³-hybridized carbons (Fsp3) is 0.222. The number of nitrogens with one attached hydrogen (secondary N) is 2. The van der Waals surface area contributed by atoms with E-state index in [1.807, 2.05) is 60.8 Å². The lowest BCUT2D eigenvalue weighted by atomic mass is 10.1. The van der Waals surface area contributed by atoms with Crippen molar-refractivity contribution in [3.63, 3.8) is 0 Å². The molecule has 8 heteroatoms. The molecule has 0 bridgehead atoms. The molecule has 2 amide bonds. The Morgan fingerprint density at radius 3 is 2.34 bits per heavy atom. The predicted molar refractivity (Wildman–Crippen MR) is 135 cm³/mol. The average Bonchev–Trinajstić information content (AvgIpc) is 2.92. The van der Waals surface area contributed by atoms with Gasteiger partial charge in [0, 0.05) is 69.0 Å². The number of hydroxylamine groups is 1. The second-order valence-corrected chi connectivity index (χ2v) is 8.40. The summed E-state index contributed by atoms with van der Waals surface area (Å²) in [4.78, 5) is 32.6. The van der Waals surface area contributed by atoms with Crippen LogP contribution in [-0.4, -0.2) is 53.1 Å². The first kappa shape index (κ1) is 24.1. The Labute approximate surface area is 204 Å². The average molecular weight is 472 g/mol. The van der Waals surface area contributed by atoms with E-state index >= 15 is 0 Å². The third-order valence-corrected chi connectivity index (χ3v) is 5.97. The summed E-state index contributed by atoms with van der Waals surface area (Å²) in [6.07, 6.45) is 6.55. The molecule has 180 valence electrons. The molecule has 2 heterocycles. The summed E-state index contributed by atoms with van der Waals surface area (Å²) in [6, 6.07) is 19.3. The first-order chi connectivity index (χ1) is 17.1. The van der Waals surface area contributed by atoms with Crippen LogP contribution < -0.4 is 15.7 Å². The van der Waals surface area contributed by atoms with Crippen LogP contribution in [0.25, 0.3) is 6.08 Å². The Bertz CT molecular complexity index is 1140. The second kappa shape index (κ2) is 11.9. The van der Waals surface area contributed by atoms with Gasteiger partial charge < -0.3 is 10.2 Å². The molecule has 0 aliphatic carbocycles. The molecule has 1 fully saturated rings. The summed E-state index contributed by atoms with van der Waals surface area (Å²) >= 11 is 0. The summed E-state index contributed by atoms with van der Waals surface area (Å²) < 4.78 is 0. The molecule has 1 aliphatic rings. The van der Waals surface area contributed by atoms with Gasteiger partial charge >= 0.3 is 0 Å². The summed E-state index contributed by atoms with van der Waals surface area (Å²) in [6.45, 7) is 5.19. The van der Waals surface area contributed by atoms with Crippen LogP contribution in [0.3, 0.4) is 0 Å². The van der Waals surface area contributed by atoms with Gasteiger partial charge in [-0.25, -0.2) is 5.48 Å². The molecule has 35 heavy (non-hydrogen) atoms. The van der Waals surface area contributed by atoms with Gasteiger partial charge in [-0.2, -0.15) is 0 Å². The van der Waals surface area contributed by atoms with Crippen LogP contribution in [0.2, 0.25) is 0 Å². The minimum absolute atomic E-state index is 0.124. The molecule has 1 aromatic heterocycles. The van der Waals surface area contributed by atoms with Crippen molar-refractivity contribution < 1.29 is 14.8 Å². The van der Waals surface area contributed by atoms with Crippen molar-refractivity contribution in [2.75, 3.05) is 31.1 Å². The van der Waals surface area contributed by atoms with E-state index in [2.05, 4.69) is 26.2 Å². The highest BCUT2D eigenvalue weighted by Crippen LogP contribution is 2.18. The molecule has 0 atom stereocenters. The molecule has 4 rings (SSSR count). The Balaban J connectivity index is 1.24. The molecule has 3 aromatic rings. The van der Waals surface area contributed by atoms with Crippen molar-refractivity contribution >= 4 is 23.6 Å². The van der Waals surface area contributed by atoms with Gasteiger partial charge in [0.2, 0.25) is 0 Å². The fourth-order valence-electron chi connectivity index (χ4n) is 3.98. The zero-order chi connectivity index (χ0) is 24.5. The number of nitrogens with zero attached hydrogens (tertiary/aromatic N) is 3. The first-order valence-electron chi connectivity index (χ1n) is 11.6. The van der Waals surface area contributed by atoms with E-state index in [4.69, 9.17) is 5.21 Å². The summed E-state index contributed by atoms with van der Waals surface area (Å²) in [5, 5.41) is 11.5. The molecule has 0 unspecified atom stereocenters. The van der Waals surface area contributed by atoms with E-state index in [0.717, 1.165) is 49.5 Å². The quantitative estimate of drug-likeness (QED) is 0.266. The number of carbonyl (C=O) groups excluding carboxylic acids is 2. The number of carbonyl (C=O) groups is 2. The van der Waals surface area contributed by atoms with Gasteiger partial charge in [-0.15, -0.1) is 0 Å². The third kappa shape index (κ3) is 6.99. The maximum absolute atomic E-state index is 12.6. The Morgan fingerprint density at radius 1 is 0.943 bits per heavy atom. The zero-order valence-electron chi connectivity index (χ0n) is 19.4. The van der Waals surface area contributed by atoms with Gasteiger partial charge in [0.25, 0.3) is 11.8 Å². The van der Waals surface area contributed by atoms with Crippen molar-refractivity contribution in [1.29, 1.82) is 0 Å². The molecule has 0 radical (unpaired) electrons. The number of pyridine rings is 1. The van der Waals surface area contributed by atoms with E-state index < -0.39 is 5.91 Å². The number of aromatic nitrogens is 1. The molecule has 8 nitrogen and oxygen atoms in total. The summed E-state index contributed by atoms with van der Waals surface area (Å²) in [7, 11) is 0. The minimum atomic E-state index is -0.588. The smallest absolute Gasteiger partial charge is 0.267 e. The number of hydrogen-bond acceptors (Lipinski definition) is 6. The highest BCUT2D eigenvalue weighted by Gasteiger charge is 2.17. The first-order valence-corrected chi connectivity index (χ1v) is 11.6. The zero-order valence-corrected chi connectivity index (χ0v) is 19.4. The Morgan fingerprint density at radius 2 is 1.69 bits per heavy atom. The van der Waals surface area contributed by atoms with Crippen LogP contribution in [0.15, 0.2) is 79.1 Å². The fourth-order valence-corrected chi connectivity index (χ4v) is 3.98. The molecule has 1 aliphatic heterocycles. The SMILES string of the molecule is O=C(C=Cc1ccc(CNC(=O)c2ccc(N3CCN(Cc4cccnc4)CC3)cc2)cc1)NO. The lowest BCUT2D eigenvalue weighted by molar-refractivity contribution is -0.124. The highest BCUT2D eigenvalue weighted by molar-refractivity contribution is 5.94. The van der Waals surface area contributed by atoms with Crippen molar-refractivity contribution in [2.24, 2.45) is 0 Å². The van der Waals surface area contributed by atoms with E-state index in [1.54, 1.807) is 17.8 Å². The van der Waals surface area contributed by atoms with Gasteiger partial charge in [-0.3, -0.25) is 24.7 Å². The molecular formula is C27H29N5O3.